The van der Waals surface area contributed by atoms with E-state index in [0.717, 1.165) is 5.69 Å². The normalized spacial score (nSPS) is 16.6. The minimum absolute atomic E-state index is 0.0580. The predicted octanol–water partition coefficient (Wildman–Crippen LogP) is 3.41. The molecule has 1 aliphatic rings. The summed E-state index contributed by atoms with van der Waals surface area (Å²) in [6.07, 6.45) is 11.7. The highest BCUT2D eigenvalue weighted by atomic mass is 16.3. The van der Waals surface area contributed by atoms with E-state index < -0.39 is 0 Å². The van der Waals surface area contributed by atoms with Crippen LogP contribution in [0.4, 0.5) is 0 Å². The van der Waals surface area contributed by atoms with Gasteiger partial charge >= 0.3 is 0 Å². The molecular weight excluding hydrogens is 240 g/mol. The van der Waals surface area contributed by atoms with Crippen molar-refractivity contribution in [3.05, 3.63) is 42.1 Å². The van der Waals surface area contributed by atoms with Crippen LogP contribution in [-0.2, 0) is 6.42 Å². The van der Waals surface area contributed by atoms with Gasteiger partial charge in [0.15, 0.2) is 5.78 Å². The zero-order valence-corrected chi connectivity index (χ0v) is 10.9. The molecule has 0 bridgehead atoms. The van der Waals surface area contributed by atoms with Gasteiger partial charge in [0, 0.05) is 6.20 Å². The molecule has 2 aromatic heterocycles. The van der Waals surface area contributed by atoms with Crippen molar-refractivity contribution in [1.29, 1.82) is 0 Å². The van der Waals surface area contributed by atoms with Crippen LogP contribution in [-0.4, -0.2) is 15.6 Å². The van der Waals surface area contributed by atoms with E-state index in [1.54, 1.807) is 6.07 Å². The topological polar surface area (TPSA) is 48.0 Å². The molecule has 0 spiro atoms. The highest BCUT2D eigenvalue weighted by Gasteiger charge is 2.17. The van der Waals surface area contributed by atoms with Crippen LogP contribution in [0.5, 0.6) is 0 Å². The number of ketones is 1. The summed E-state index contributed by atoms with van der Waals surface area (Å²) in [5.41, 5.74) is 1.46. The summed E-state index contributed by atoms with van der Waals surface area (Å²) in [7, 11) is 0. The molecule has 0 atom stereocenters. The van der Waals surface area contributed by atoms with Gasteiger partial charge in [0.05, 0.1) is 30.0 Å². The fourth-order valence-corrected chi connectivity index (χ4v) is 2.71. The highest BCUT2D eigenvalue weighted by Crippen LogP contribution is 2.27. The van der Waals surface area contributed by atoms with Crippen LogP contribution in [0.1, 0.15) is 54.2 Å². The summed E-state index contributed by atoms with van der Waals surface area (Å²) in [6, 6.07) is 4.17. The predicted molar refractivity (Wildman–Crippen MR) is 71.1 cm³/mol. The van der Waals surface area contributed by atoms with Crippen LogP contribution in [0.2, 0.25) is 0 Å². The average Bonchev–Trinajstić information content (AvgIpc) is 3.11. The van der Waals surface area contributed by atoms with E-state index in [1.807, 2.05) is 16.9 Å². The smallest absolute Gasteiger partial charge is 0.172 e. The van der Waals surface area contributed by atoms with Crippen molar-refractivity contribution in [1.82, 2.24) is 9.78 Å². The number of hydrogen-bond acceptors (Lipinski definition) is 3. The van der Waals surface area contributed by atoms with Crippen LogP contribution in [0, 0.1) is 0 Å². The van der Waals surface area contributed by atoms with Crippen LogP contribution in [0.15, 0.2) is 35.3 Å². The van der Waals surface area contributed by atoms with Crippen LogP contribution < -0.4 is 0 Å². The molecule has 0 aliphatic heterocycles. The van der Waals surface area contributed by atoms with Gasteiger partial charge in [0.1, 0.15) is 6.26 Å². The minimum Gasteiger partial charge on any atom is -0.472 e. The number of aromatic nitrogens is 2. The van der Waals surface area contributed by atoms with E-state index in [9.17, 15) is 4.79 Å². The summed E-state index contributed by atoms with van der Waals surface area (Å²) in [5.74, 6) is 0.0580. The van der Waals surface area contributed by atoms with Gasteiger partial charge in [-0.05, 0) is 25.0 Å². The Kier molecular flexibility index (Phi) is 3.49. The Labute approximate surface area is 112 Å². The molecule has 0 unspecified atom stereocenters. The van der Waals surface area contributed by atoms with Crippen molar-refractivity contribution in [3.63, 3.8) is 0 Å². The number of nitrogens with zero attached hydrogens (tertiary/aromatic N) is 2. The molecule has 4 nitrogen and oxygen atoms in total. The zero-order chi connectivity index (χ0) is 13.1. The van der Waals surface area contributed by atoms with Gasteiger partial charge in [-0.2, -0.15) is 5.10 Å². The monoisotopic (exact) mass is 258 g/mol. The van der Waals surface area contributed by atoms with Crippen LogP contribution in [0.25, 0.3) is 0 Å². The van der Waals surface area contributed by atoms with Gasteiger partial charge in [-0.1, -0.05) is 19.3 Å². The van der Waals surface area contributed by atoms with Crippen molar-refractivity contribution in [2.45, 2.75) is 44.6 Å². The first-order chi connectivity index (χ1) is 9.33. The van der Waals surface area contributed by atoms with Gasteiger partial charge in [-0.15, -0.1) is 0 Å². The molecule has 0 aromatic carbocycles. The van der Waals surface area contributed by atoms with Crippen molar-refractivity contribution in [2.24, 2.45) is 0 Å². The number of rotatable bonds is 4. The summed E-state index contributed by atoms with van der Waals surface area (Å²) in [5, 5.41) is 4.55. The second-order valence-corrected chi connectivity index (χ2v) is 5.19. The standard InChI is InChI=1S/C15H18N2O2/c18-15(12-7-9-19-11-12)10-13-6-8-17(16-13)14-4-2-1-3-5-14/h6-9,11,14H,1-5,10H2. The molecule has 2 heterocycles. The first kappa shape index (κ1) is 12.2. The lowest BCUT2D eigenvalue weighted by Crippen LogP contribution is -2.14. The van der Waals surface area contributed by atoms with Crippen LogP contribution in [0.3, 0.4) is 0 Å². The second-order valence-electron chi connectivity index (χ2n) is 5.19. The number of hydrogen-bond donors (Lipinski definition) is 0. The molecule has 1 saturated carbocycles. The van der Waals surface area contributed by atoms with E-state index >= 15 is 0 Å². The molecule has 0 saturated heterocycles. The van der Waals surface area contributed by atoms with Gasteiger partial charge in [0.25, 0.3) is 0 Å². The molecule has 0 N–H and O–H groups in total. The largest absolute Gasteiger partial charge is 0.472 e. The summed E-state index contributed by atoms with van der Waals surface area (Å²) in [4.78, 5) is 12.0. The zero-order valence-electron chi connectivity index (χ0n) is 10.9. The minimum atomic E-state index is 0.0580. The number of carbonyl (C=O) groups excluding carboxylic acids is 1. The van der Waals surface area contributed by atoms with Crippen molar-refractivity contribution < 1.29 is 9.21 Å². The second kappa shape index (κ2) is 5.43. The Balaban J connectivity index is 1.66. The quantitative estimate of drug-likeness (QED) is 0.789. The maximum Gasteiger partial charge on any atom is 0.172 e. The first-order valence-corrected chi connectivity index (χ1v) is 6.92. The molecule has 4 heteroatoms. The number of furan rings is 1. The van der Waals surface area contributed by atoms with E-state index in [2.05, 4.69) is 5.10 Å². The SMILES string of the molecule is O=C(Cc1ccn(C2CCCCC2)n1)c1ccoc1. The van der Waals surface area contributed by atoms with Crippen molar-refractivity contribution >= 4 is 5.78 Å². The highest BCUT2D eigenvalue weighted by molar-refractivity contribution is 5.96. The van der Waals surface area contributed by atoms with E-state index in [1.165, 1.54) is 44.6 Å². The van der Waals surface area contributed by atoms with Gasteiger partial charge in [-0.25, -0.2) is 0 Å². The maximum atomic E-state index is 12.0. The third-order valence-corrected chi connectivity index (χ3v) is 3.80. The molecule has 100 valence electrons. The maximum absolute atomic E-state index is 12.0. The van der Waals surface area contributed by atoms with E-state index in [0.29, 0.717) is 18.0 Å². The lowest BCUT2D eigenvalue weighted by molar-refractivity contribution is 0.0991. The Hall–Kier alpha value is -1.84. The third kappa shape index (κ3) is 2.78. The molecule has 0 radical (unpaired) electrons. The molecule has 3 rings (SSSR count). The fraction of sp³-hybridized carbons (Fsp3) is 0.467. The lowest BCUT2D eigenvalue weighted by Gasteiger charge is -2.21. The summed E-state index contributed by atoms with van der Waals surface area (Å²) in [6.45, 7) is 0. The Bertz CT molecular complexity index is 536. The Morgan fingerprint density at radius 2 is 2.16 bits per heavy atom. The lowest BCUT2D eigenvalue weighted by atomic mass is 9.96. The molecule has 2 aromatic rings. The molecule has 1 aliphatic carbocycles. The number of carbonyl (C=O) groups is 1. The molecule has 0 amide bonds. The summed E-state index contributed by atoms with van der Waals surface area (Å²) < 4.78 is 6.97. The molecular formula is C15H18N2O2. The van der Waals surface area contributed by atoms with Gasteiger partial charge in [0.2, 0.25) is 0 Å². The number of Topliss-reactive ketones (excluding diaryl/α,β-unsaturated/α-hetero) is 1. The van der Waals surface area contributed by atoms with Crippen molar-refractivity contribution in [3.8, 4) is 0 Å². The fourth-order valence-electron chi connectivity index (χ4n) is 2.71. The van der Waals surface area contributed by atoms with Crippen LogP contribution >= 0.6 is 0 Å². The van der Waals surface area contributed by atoms with Crippen molar-refractivity contribution in [2.75, 3.05) is 0 Å². The first-order valence-electron chi connectivity index (χ1n) is 6.92. The molecule has 1 fully saturated rings. The molecule has 19 heavy (non-hydrogen) atoms. The third-order valence-electron chi connectivity index (χ3n) is 3.80. The average molecular weight is 258 g/mol. The van der Waals surface area contributed by atoms with E-state index in [4.69, 9.17) is 4.42 Å². The van der Waals surface area contributed by atoms with Gasteiger partial charge < -0.3 is 4.42 Å². The summed E-state index contributed by atoms with van der Waals surface area (Å²) >= 11 is 0. The van der Waals surface area contributed by atoms with Gasteiger partial charge in [-0.3, -0.25) is 9.48 Å². The van der Waals surface area contributed by atoms with E-state index in [-0.39, 0.29) is 5.78 Å². The Morgan fingerprint density at radius 3 is 2.89 bits per heavy atom. The Morgan fingerprint density at radius 1 is 1.32 bits per heavy atom.